The van der Waals surface area contributed by atoms with E-state index < -0.39 is 11.4 Å². The highest BCUT2D eigenvalue weighted by Crippen LogP contribution is 2.45. The molecular weight excluding hydrogens is 288 g/mol. The van der Waals surface area contributed by atoms with Crippen LogP contribution in [0.25, 0.3) is 10.2 Å². The Balaban J connectivity index is 1.50. The van der Waals surface area contributed by atoms with Crippen LogP contribution in [0.5, 0.6) is 0 Å². The Morgan fingerprint density at radius 3 is 2.76 bits per heavy atom. The molecule has 21 heavy (non-hydrogen) atoms. The predicted molar refractivity (Wildman–Crippen MR) is 80.3 cm³/mol. The normalized spacial score (nSPS) is 15.8. The lowest BCUT2D eigenvalue weighted by Gasteiger charge is -2.10. The van der Waals surface area contributed by atoms with Crippen LogP contribution < -0.4 is 5.32 Å². The summed E-state index contributed by atoms with van der Waals surface area (Å²) in [5, 5.41) is 12.7. The van der Waals surface area contributed by atoms with Crippen molar-refractivity contribution in [2.75, 3.05) is 6.54 Å². The van der Waals surface area contributed by atoms with Crippen molar-refractivity contribution in [3.05, 3.63) is 29.3 Å². The Morgan fingerprint density at radius 1 is 1.33 bits per heavy atom. The summed E-state index contributed by atoms with van der Waals surface area (Å²) in [4.78, 5) is 27.3. The zero-order valence-electron chi connectivity index (χ0n) is 11.5. The van der Waals surface area contributed by atoms with Gasteiger partial charge in [-0.1, -0.05) is 12.1 Å². The van der Waals surface area contributed by atoms with Crippen LogP contribution in [0.3, 0.4) is 0 Å². The SMILES string of the molecule is O=C(CCc1nc2ccccc2s1)NCC1(C(=O)O)CC1. The first-order chi connectivity index (χ1) is 10.1. The number of nitrogens with zero attached hydrogens (tertiary/aromatic N) is 1. The highest BCUT2D eigenvalue weighted by molar-refractivity contribution is 7.18. The van der Waals surface area contributed by atoms with Crippen molar-refractivity contribution in [2.24, 2.45) is 5.41 Å². The number of carboxylic acids is 1. The van der Waals surface area contributed by atoms with Crippen LogP contribution in [0, 0.1) is 5.41 Å². The molecule has 0 saturated heterocycles. The third-order valence-corrected chi connectivity index (χ3v) is 4.93. The second-order valence-corrected chi connectivity index (χ2v) is 6.55. The smallest absolute Gasteiger partial charge is 0.311 e. The Kier molecular flexibility index (Phi) is 3.63. The molecule has 0 radical (unpaired) electrons. The number of benzene rings is 1. The molecule has 0 bridgehead atoms. The summed E-state index contributed by atoms with van der Waals surface area (Å²) in [6, 6.07) is 7.89. The maximum Gasteiger partial charge on any atom is 0.311 e. The van der Waals surface area contributed by atoms with Gasteiger partial charge in [-0.3, -0.25) is 9.59 Å². The zero-order valence-corrected chi connectivity index (χ0v) is 12.3. The van der Waals surface area contributed by atoms with Crippen molar-refractivity contribution in [3.8, 4) is 0 Å². The number of carbonyl (C=O) groups excluding carboxylic acids is 1. The molecule has 1 amide bonds. The van der Waals surface area contributed by atoms with E-state index >= 15 is 0 Å². The number of aliphatic carboxylic acids is 1. The van der Waals surface area contributed by atoms with Gasteiger partial charge < -0.3 is 10.4 Å². The van der Waals surface area contributed by atoms with Gasteiger partial charge in [0.1, 0.15) is 0 Å². The first-order valence-corrected chi connectivity index (χ1v) is 7.75. The van der Waals surface area contributed by atoms with Crippen LogP contribution in [-0.2, 0) is 16.0 Å². The van der Waals surface area contributed by atoms with Gasteiger partial charge in [-0.05, 0) is 25.0 Å². The maximum atomic E-state index is 11.8. The van der Waals surface area contributed by atoms with Crippen LogP contribution >= 0.6 is 11.3 Å². The lowest BCUT2D eigenvalue weighted by Crippen LogP contribution is -2.34. The second kappa shape index (κ2) is 5.44. The molecule has 1 aliphatic rings. The number of hydrogen-bond acceptors (Lipinski definition) is 4. The minimum Gasteiger partial charge on any atom is -0.481 e. The topological polar surface area (TPSA) is 79.3 Å². The van der Waals surface area contributed by atoms with Crippen molar-refractivity contribution in [2.45, 2.75) is 25.7 Å². The first kappa shape index (κ1) is 14.0. The van der Waals surface area contributed by atoms with Crippen LogP contribution in [0.2, 0.25) is 0 Å². The van der Waals surface area contributed by atoms with E-state index in [1.165, 1.54) is 0 Å². The number of carbonyl (C=O) groups is 2. The largest absolute Gasteiger partial charge is 0.481 e. The van der Waals surface area contributed by atoms with E-state index in [1.54, 1.807) is 11.3 Å². The fourth-order valence-electron chi connectivity index (χ4n) is 2.22. The number of fused-ring (bicyclic) bond motifs is 1. The van der Waals surface area contributed by atoms with Gasteiger partial charge in [0.2, 0.25) is 5.91 Å². The predicted octanol–water partition coefficient (Wildman–Crippen LogP) is 2.21. The van der Waals surface area contributed by atoms with Gasteiger partial charge in [-0.25, -0.2) is 4.98 Å². The lowest BCUT2D eigenvalue weighted by atomic mass is 10.1. The minimum atomic E-state index is -0.811. The van der Waals surface area contributed by atoms with Crippen molar-refractivity contribution in [1.82, 2.24) is 10.3 Å². The van der Waals surface area contributed by atoms with Gasteiger partial charge in [-0.15, -0.1) is 11.3 Å². The average molecular weight is 304 g/mol. The number of rotatable bonds is 6. The summed E-state index contributed by atoms with van der Waals surface area (Å²) in [5.41, 5.74) is 0.256. The minimum absolute atomic E-state index is 0.109. The molecule has 0 atom stereocenters. The van der Waals surface area contributed by atoms with Gasteiger partial charge in [0.05, 0.1) is 20.6 Å². The van der Waals surface area contributed by atoms with Crippen molar-refractivity contribution < 1.29 is 14.7 Å². The molecule has 5 nitrogen and oxygen atoms in total. The highest BCUT2D eigenvalue weighted by Gasteiger charge is 2.50. The van der Waals surface area contributed by atoms with E-state index in [4.69, 9.17) is 5.11 Å². The molecule has 6 heteroatoms. The maximum absolute atomic E-state index is 11.8. The third-order valence-electron chi connectivity index (χ3n) is 3.84. The molecule has 0 spiro atoms. The van der Waals surface area contributed by atoms with Crippen molar-refractivity contribution >= 4 is 33.4 Å². The van der Waals surface area contributed by atoms with Crippen molar-refractivity contribution in [1.29, 1.82) is 0 Å². The number of aryl methyl sites for hydroxylation is 1. The summed E-state index contributed by atoms with van der Waals surface area (Å²) < 4.78 is 1.12. The van der Waals surface area contributed by atoms with Gasteiger partial charge in [0.25, 0.3) is 0 Å². The van der Waals surface area contributed by atoms with Crippen LogP contribution in [0.4, 0.5) is 0 Å². The summed E-state index contributed by atoms with van der Waals surface area (Å²) in [7, 11) is 0. The van der Waals surface area contributed by atoms with Gasteiger partial charge >= 0.3 is 5.97 Å². The molecule has 0 aliphatic heterocycles. The Labute approximate surface area is 126 Å². The molecule has 110 valence electrons. The fourth-order valence-corrected chi connectivity index (χ4v) is 3.19. The number of nitrogens with one attached hydrogen (secondary N) is 1. The Hall–Kier alpha value is -1.95. The van der Waals surface area contributed by atoms with Crippen LogP contribution in [0.15, 0.2) is 24.3 Å². The quantitative estimate of drug-likeness (QED) is 0.857. The summed E-state index contributed by atoms with van der Waals surface area (Å²) in [6.45, 7) is 0.237. The van der Waals surface area contributed by atoms with Gasteiger partial charge in [-0.2, -0.15) is 0 Å². The molecule has 1 fully saturated rings. The Bertz CT molecular complexity index is 658. The van der Waals surface area contributed by atoms with Gasteiger partial charge in [0.15, 0.2) is 0 Å². The van der Waals surface area contributed by atoms with Crippen molar-refractivity contribution in [3.63, 3.8) is 0 Å². The average Bonchev–Trinajstić information content (AvgIpc) is 3.15. The number of carboxylic acid groups (broad SMARTS) is 1. The van der Waals surface area contributed by atoms with E-state index in [0.717, 1.165) is 15.2 Å². The molecule has 2 aromatic rings. The fraction of sp³-hybridized carbons (Fsp3) is 0.400. The molecule has 1 aromatic carbocycles. The number of para-hydroxylation sites is 1. The molecule has 0 unspecified atom stereocenters. The molecule has 1 aliphatic carbocycles. The van der Waals surface area contributed by atoms with E-state index in [1.807, 2.05) is 24.3 Å². The number of amides is 1. The van der Waals surface area contributed by atoms with E-state index in [0.29, 0.717) is 25.7 Å². The second-order valence-electron chi connectivity index (χ2n) is 5.44. The lowest BCUT2D eigenvalue weighted by molar-refractivity contribution is -0.143. The first-order valence-electron chi connectivity index (χ1n) is 6.94. The Morgan fingerprint density at radius 2 is 2.10 bits per heavy atom. The van der Waals surface area contributed by atoms with E-state index in [9.17, 15) is 9.59 Å². The monoisotopic (exact) mass is 304 g/mol. The highest BCUT2D eigenvalue weighted by atomic mass is 32.1. The van der Waals surface area contributed by atoms with E-state index in [-0.39, 0.29) is 12.5 Å². The summed E-state index contributed by atoms with van der Waals surface area (Å²) in [6.07, 6.45) is 2.24. The molecule has 1 saturated carbocycles. The molecule has 3 rings (SSSR count). The number of thiazole rings is 1. The molecule has 1 heterocycles. The molecule has 2 N–H and O–H groups in total. The standard InChI is InChI=1S/C15H16N2O3S/c18-12(16-9-15(7-8-15)14(19)20)5-6-13-17-10-3-1-2-4-11(10)21-13/h1-4H,5-9H2,(H,16,18)(H,19,20). The third kappa shape index (κ3) is 3.05. The van der Waals surface area contributed by atoms with Crippen LogP contribution in [-0.4, -0.2) is 28.5 Å². The number of hydrogen-bond donors (Lipinski definition) is 2. The zero-order chi connectivity index (χ0) is 14.9. The molecular formula is C15H16N2O3S. The summed E-state index contributed by atoms with van der Waals surface area (Å²) >= 11 is 1.59. The van der Waals surface area contributed by atoms with Crippen LogP contribution in [0.1, 0.15) is 24.3 Å². The number of aromatic nitrogens is 1. The molecule has 1 aromatic heterocycles. The summed E-state index contributed by atoms with van der Waals surface area (Å²) in [5.74, 6) is -0.921. The van der Waals surface area contributed by atoms with Gasteiger partial charge in [0, 0.05) is 19.4 Å². The van der Waals surface area contributed by atoms with E-state index in [2.05, 4.69) is 10.3 Å².